The van der Waals surface area contributed by atoms with Gasteiger partial charge in [0.1, 0.15) is 17.8 Å². The van der Waals surface area contributed by atoms with E-state index in [9.17, 15) is 0 Å². The summed E-state index contributed by atoms with van der Waals surface area (Å²) >= 11 is 11.9. The Bertz CT molecular complexity index is 579. The van der Waals surface area contributed by atoms with E-state index >= 15 is 0 Å². The Hall–Kier alpha value is -1.52. The summed E-state index contributed by atoms with van der Waals surface area (Å²) in [6.45, 7) is 3.80. The van der Waals surface area contributed by atoms with Crippen molar-refractivity contribution in [2.75, 3.05) is 5.73 Å². The van der Waals surface area contributed by atoms with Crippen LogP contribution in [-0.2, 0) is 0 Å². The van der Waals surface area contributed by atoms with Gasteiger partial charge in [-0.1, -0.05) is 23.2 Å². The third kappa shape index (κ3) is 2.49. The molecule has 0 aliphatic carbocycles. The third-order valence-corrected chi connectivity index (χ3v) is 3.32. The largest absolute Gasteiger partial charge is 0.437 e. The molecule has 0 unspecified atom stereocenters. The highest BCUT2D eigenvalue weighted by Gasteiger charge is 2.10. The van der Waals surface area contributed by atoms with Gasteiger partial charge >= 0.3 is 0 Å². The second-order valence-corrected chi connectivity index (χ2v) is 4.59. The number of anilines is 1. The van der Waals surface area contributed by atoms with Crippen molar-refractivity contribution in [2.24, 2.45) is 0 Å². The van der Waals surface area contributed by atoms with Crippen molar-refractivity contribution in [3.63, 3.8) is 0 Å². The molecular weight excluding hydrogens is 273 g/mol. The minimum Gasteiger partial charge on any atom is -0.437 e. The first kappa shape index (κ1) is 12.9. The van der Waals surface area contributed by atoms with Crippen LogP contribution in [0.1, 0.15) is 11.1 Å². The van der Waals surface area contributed by atoms with Crippen LogP contribution in [-0.4, -0.2) is 9.97 Å². The molecule has 18 heavy (non-hydrogen) atoms. The van der Waals surface area contributed by atoms with Crippen molar-refractivity contribution in [1.82, 2.24) is 9.97 Å². The molecule has 0 saturated heterocycles. The third-order valence-electron chi connectivity index (χ3n) is 2.42. The van der Waals surface area contributed by atoms with Crippen LogP contribution in [0.15, 0.2) is 18.5 Å². The summed E-state index contributed by atoms with van der Waals surface area (Å²) in [4.78, 5) is 7.70. The zero-order valence-corrected chi connectivity index (χ0v) is 11.4. The highest BCUT2D eigenvalue weighted by atomic mass is 35.5. The Morgan fingerprint density at radius 3 is 2.33 bits per heavy atom. The van der Waals surface area contributed by atoms with Gasteiger partial charge in [0.25, 0.3) is 0 Å². The monoisotopic (exact) mass is 283 g/mol. The van der Waals surface area contributed by atoms with Crippen LogP contribution in [0.4, 0.5) is 5.69 Å². The fraction of sp³-hybridized carbons (Fsp3) is 0.167. The summed E-state index contributed by atoms with van der Waals surface area (Å²) in [5.74, 6) is 0.840. The normalized spacial score (nSPS) is 10.4. The number of aryl methyl sites for hydroxylation is 2. The lowest BCUT2D eigenvalue weighted by Crippen LogP contribution is -1.98. The lowest BCUT2D eigenvalue weighted by atomic mass is 10.1. The minimum atomic E-state index is 0.169. The van der Waals surface area contributed by atoms with Gasteiger partial charge in [-0.15, -0.1) is 0 Å². The van der Waals surface area contributed by atoms with Crippen molar-refractivity contribution >= 4 is 28.9 Å². The van der Waals surface area contributed by atoms with Gasteiger partial charge in [0.2, 0.25) is 5.88 Å². The fourth-order valence-corrected chi connectivity index (χ4v) is 1.75. The lowest BCUT2D eigenvalue weighted by Gasteiger charge is -2.10. The molecule has 0 fully saturated rings. The molecule has 0 amide bonds. The molecule has 0 bridgehead atoms. The van der Waals surface area contributed by atoms with Gasteiger partial charge in [0, 0.05) is 5.02 Å². The van der Waals surface area contributed by atoms with Crippen LogP contribution >= 0.6 is 23.2 Å². The van der Waals surface area contributed by atoms with E-state index in [-0.39, 0.29) is 16.7 Å². The number of hydrogen-bond donors (Lipinski definition) is 1. The molecule has 4 nitrogen and oxygen atoms in total. The van der Waals surface area contributed by atoms with Crippen molar-refractivity contribution in [3.05, 3.63) is 39.8 Å². The number of nitrogen functional groups attached to an aromatic ring is 1. The van der Waals surface area contributed by atoms with Gasteiger partial charge in [-0.25, -0.2) is 4.98 Å². The SMILES string of the molecule is Cc1cc(Oc2ncnc(Cl)c2N)cc(C)c1Cl. The summed E-state index contributed by atoms with van der Waals surface area (Å²) in [6.07, 6.45) is 1.30. The molecule has 0 aliphatic rings. The van der Waals surface area contributed by atoms with E-state index in [4.69, 9.17) is 33.7 Å². The summed E-state index contributed by atoms with van der Waals surface area (Å²) in [5.41, 5.74) is 7.78. The van der Waals surface area contributed by atoms with E-state index in [0.717, 1.165) is 16.1 Å². The minimum absolute atomic E-state index is 0.169. The molecule has 2 aromatic rings. The van der Waals surface area contributed by atoms with E-state index in [2.05, 4.69) is 9.97 Å². The molecule has 94 valence electrons. The number of halogens is 2. The molecule has 0 spiro atoms. The van der Waals surface area contributed by atoms with E-state index < -0.39 is 0 Å². The summed E-state index contributed by atoms with van der Waals surface area (Å²) < 4.78 is 5.59. The Kier molecular flexibility index (Phi) is 3.59. The first-order valence-electron chi connectivity index (χ1n) is 5.19. The number of ether oxygens (including phenoxy) is 1. The van der Waals surface area contributed by atoms with Gasteiger partial charge < -0.3 is 10.5 Å². The number of rotatable bonds is 2. The first-order valence-corrected chi connectivity index (χ1v) is 5.95. The quantitative estimate of drug-likeness (QED) is 0.852. The standard InChI is InChI=1S/C12H11Cl2N3O/c1-6-3-8(4-7(2)9(6)13)18-12-10(15)11(14)16-5-17-12/h3-5H,15H2,1-2H3. The Labute approximate surface area is 115 Å². The summed E-state index contributed by atoms with van der Waals surface area (Å²) in [6, 6.07) is 3.62. The van der Waals surface area contributed by atoms with Crippen molar-refractivity contribution in [1.29, 1.82) is 0 Å². The molecule has 2 rings (SSSR count). The molecule has 1 aromatic heterocycles. The average Bonchev–Trinajstić information content (AvgIpc) is 2.32. The van der Waals surface area contributed by atoms with Crippen molar-refractivity contribution in [2.45, 2.75) is 13.8 Å². The van der Waals surface area contributed by atoms with Crippen molar-refractivity contribution in [3.8, 4) is 11.6 Å². The van der Waals surface area contributed by atoms with Crippen LogP contribution < -0.4 is 10.5 Å². The number of nitrogens with zero attached hydrogens (tertiary/aromatic N) is 2. The van der Waals surface area contributed by atoms with E-state index in [1.54, 1.807) is 0 Å². The van der Waals surface area contributed by atoms with Gasteiger partial charge in [0.15, 0.2) is 5.15 Å². The fourth-order valence-electron chi connectivity index (χ4n) is 1.52. The predicted octanol–water partition coefficient (Wildman–Crippen LogP) is 3.77. The number of benzene rings is 1. The lowest BCUT2D eigenvalue weighted by molar-refractivity contribution is 0.463. The molecule has 1 heterocycles. The molecular formula is C12H11Cl2N3O. The van der Waals surface area contributed by atoms with E-state index in [1.165, 1.54) is 6.33 Å². The maximum absolute atomic E-state index is 6.08. The molecule has 0 atom stereocenters. The maximum Gasteiger partial charge on any atom is 0.247 e. The van der Waals surface area contributed by atoms with E-state index in [1.807, 2.05) is 26.0 Å². The van der Waals surface area contributed by atoms with Gasteiger partial charge in [-0.3, -0.25) is 0 Å². The number of aromatic nitrogens is 2. The first-order chi connectivity index (χ1) is 8.49. The highest BCUT2D eigenvalue weighted by molar-refractivity contribution is 6.32. The highest BCUT2D eigenvalue weighted by Crippen LogP contribution is 2.32. The average molecular weight is 284 g/mol. The van der Waals surface area contributed by atoms with Crippen LogP contribution in [0.3, 0.4) is 0 Å². The molecule has 0 radical (unpaired) electrons. The molecule has 1 aromatic carbocycles. The van der Waals surface area contributed by atoms with Crippen molar-refractivity contribution < 1.29 is 4.74 Å². The van der Waals surface area contributed by atoms with Gasteiger partial charge in [-0.2, -0.15) is 4.98 Å². The van der Waals surface area contributed by atoms with Gasteiger partial charge in [-0.05, 0) is 37.1 Å². The summed E-state index contributed by atoms with van der Waals surface area (Å²) in [5, 5.41) is 0.887. The number of hydrogen-bond acceptors (Lipinski definition) is 4. The Morgan fingerprint density at radius 2 is 1.72 bits per heavy atom. The molecule has 0 aliphatic heterocycles. The van der Waals surface area contributed by atoms with Crippen LogP contribution in [0.2, 0.25) is 10.2 Å². The number of nitrogens with two attached hydrogens (primary N) is 1. The zero-order chi connectivity index (χ0) is 13.3. The van der Waals surface area contributed by atoms with Crippen LogP contribution in [0.25, 0.3) is 0 Å². The molecule has 2 N–H and O–H groups in total. The second-order valence-electron chi connectivity index (χ2n) is 3.86. The van der Waals surface area contributed by atoms with Crippen LogP contribution in [0, 0.1) is 13.8 Å². The Balaban J connectivity index is 2.37. The topological polar surface area (TPSA) is 61.0 Å². The van der Waals surface area contributed by atoms with Gasteiger partial charge in [0.05, 0.1) is 0 Å². The van der Waals surface area contributed by atoms with Crippen LogP contribution in [0.5, 0.6) is 11.6 Å². The summed E-state index contributed by atoms with van der Waals surface area (Å²) in [7, 11) is 0. The predicted molar refractivity (Wildman–Crippen MR) is 72.5 cm³/mol. The second kappa shape index (κ2) is 5.00. The molecule has 6 heteroatoms. The maximum atomic E-state index is 6.08. The Morgan fingerprint density at radius 1 is 1.11 bits per heavy atom. The zero-order valence-electron chi connectivity index (χ0n) is 9.87. The smallest absolute Gasteiger partial charge is 0.247 e. The molecule has 0 saturated carbocycles. The van der Waals surface area contributed by atoms with E-state index in [0.29, 0.717) is 5.75 Å².